The van der Waals surface area contributed by atoms with Crippen molar-refractivity contribution in [2.24, 2.45) is 5.41 Å². The van der Waals surface area contributed by atoms with Crippen molar-refractivity contribution in [2.75, 3.05) is 44.3 Å². The molecule has 1 amide bonds. The number of hydrogen-bond acceptors (Lipinski definition) is 5. The van der Waals surface area contributed by atoms with Crippen LogP contribution in [0.1, 0.15) is 23.3 Å². The molecule has 2 aliphatic rings. The Morgan fingerprint density at radius 3 is 2.44 bits per heavy atom. The predicted molar refractivity (Wildman–Crippen MR) is 109 cm³/mol. The van der Waals surface area contributed by atoms with Gasteiger partial charge in [0.1, 0.15) is 5.69 Å². The number of aromatic amines is 1. The molecule has 0 aliphatic carbocycles. The summed E-state index contributed by atoms with van der Waals surface area (Å²) in [7, 11) is 0. The molecule has 0 aromatic carbocycles. The summed E-state index contributed by atoms with van der Waals surface area (Å²) in [5.41, 5.74) is 1.93. The lowest BCUT2D eigenvalue weighted by Crippen LogP contribution is -2.49. The van der Waals surface area contributed by atoms with E-state index in [2.05, 4.69) is 20.9 Å². The van der Waals surface area contributed by atoms with Gasteiger partial charge in [-0.15, -0.1) is 0 Å². The molecule has 2 fully saturated rings. The number of carbonyl (C=O) groups is 2. The molecule has 32 heavy (non-hydrogen) atoms. The van der Waals surface area contributed by atoms with Gasteiger partial charge in [-0.25, -0.2) is 4.79 Å². The lowest BCUT2D eigenvalue weighted by Gasteiger charge is -2.42. The topological polar surface area (TPSA) is 98.8 Å². The number of alkyl halides is 3. The SMILES string of the molecule is O=C(O)C(F)(F)F.O=C(c1ccc[nH]1)N1CCC2(CC1)COCCN(c1cccnc1)C2. The van der Waals surface area contributed by atoms with E-state index in [1.54, 1.807) is 12.4 Å². The van der Waals surface area contributed by atoms with E-state index in [4.69, 9.17) is 14.6 Å². The highest BCUT2D eigenvalue weighted by Gasteiger charge is 2.40. The molecule has 0 unspecified atom stereocenters. The molecule has 0 atom stereocenters. The number of halogens is 3. The van der Waals surface area contributed by atoms with Gasteiger partial charge in [-0.05, 0) is 37.1 Å². The number of H-pyrrole nitrogens is 1. The van der Waals surface area contributed by atoms with E-state index in [0.29, 0.717) is 5.69 Å². The predicted octanol–water partition coefficient (Wildman–Crippen LogP) is 2.80. The highest BCUT2D eigenvalue weighted by atomic mass is 19.4. The fraction of sp³-hybridized carbons (Fsp3) is 0.476. The maximum atomic E-state index is 12.5. The van der Waals surface area contributed by atoms with Gasteiger partial charge in [-0.1, -0.05) is 0 Å². The van der Waals surface area contributed by atoms with Crippen molar-refractivity contribution in [2.45, 2.75) is 19.0 Å². The number of carbonyl (C=O) groups excluding carboxylic acids is 1. The first-order valence-corrected chi connectivity index (χ1v) is 10.2. The van der Waals surface area contributed by atoms with Gasteiger partial charge >= 0.3 is 12.1 Å². The Bertz CT molecular complexity index is 882. The molecule has 0 saturated carbocycles. The molecule has 0 bridgehead atoms. The second-order valence-corrected chi connectivity index (χ2v) is 7.86. The Morgan fingerprint density at radius 2 is 1.88 bits per heavy atom. The maximum Gasteiger partial charge on any atom is 0.490 e. The van der Waals surface area contributed by atoms with E-state index in [9.17, 15) is 18.0 Å². The normalized spacial score (nSPS) is 18.5. The Hall–Kier alpha value is -3.08. The number of hydrogen-bond donors (Lipinski definition) is 2. The standard InChI is InChI=1S/C19H24N4O2.C2HF3O2/c24-18(17-4-2-8-21-17)22-9-5-19(6-10-22)14-23(11-12-25-15-19)16-3-1-7-20-13-16;3-2(4,5)1(6)7/h1-4,7-8,13,21H,5-6,9-12,14-15H2;(H,6,7). The molecular weight excluding hydrogens is 429 g/mol. The first kappa shape index (κ1) is 23.6. The monoisotopic (exact) mass is 454 g/mol. The third kappa shape index (κ3) is 6.00. The first-order valence-electron chi connectivity index (χ1n) is 10.2. The van der Waals surface area contributed by atoms with E-state index in [0.717, 1.165) is 57.9 Å². The molecule has 2 N–H and O–H groups in total. The second kappa shape index (κ2) is 10.0. The Labute approximate surface area is 183 Å². The number of anilines is 1. The number of aromatic nitrogens is 2. The van der Waals surface area contributed by atoms with Crippen LogP contribution in [0.4, 0.5) is 18.9 Å². The van der Waals surface area contributed by atoms with Crippen molar-refractivity contribution in [1.82, 2.24) is 14.9 Å². The average molecular weight is 454 g/mol. The zero-order valence-corrected chi connectivity index (χ0v) is 17.3. The summed E-state index contributed by atoms with van der Waals surface area (Å²) >= 11 is 0. The van der Waals surface area contributed by atoms with Crippen LogP contribution in [0.2, 0.25) is 0 Å². The van der Waals surface area contributed by atoms with Gasteiger partial charge < -0.3 is 24.6 Å². The van der Waals surface area contributed by atoms with Crippen molar-refractivity contribution in [3.63, 3.8) is 0 Å². The molecule has 2 aromatic heterocycles. The van der Waals surface area contributed by atoms with E-state index in [-0.39, 0.29) is 11.3 Å². The van der Waals surface area contributed by atoms with Crippen LogP contribution in [0.5, 0.6) is 0 Å². The highest BCUT2D eigenvalue weighted by molar-refractivity contribution is 5.92. The minimum atomic E-state index is -5.08. The fourth-order valence-corrected chi connectivity index (χ4v) is 3.87. The number of nitrogens with zero attached hydrogens (tertiary/aromatic N) is 3. The van der Waals surface area contributed by atoms with E-state index in [1.807, 2.05) is 29.3 Å². The number of pyridine rings is 1. The lowest BCUT2D eigenvalue weighted by molar-refractivity contribution is -0.192. The molecule has 0 radical (unpaired) electrons. The van der Waals surface area contributed by atoms with Gasteiger partial charge in [0.2, 0.25) is 0 Å². The van der Waals surface area contributed by atoms with Crippen LogP contribution in [0, 0.1) is 5.41 Å². The Balaban J connectivity index is 0.000000360. The molecule has 4 rings (SSSR count). The summed E-state index contributed by atoms with van der Waals surface area (Å²) in [6, 6.07) is 7.79. The van der Waals surface area contributed by atoms with Crippen LogP contribution in [0.25, 0.3) is 0 Å². The number of ether oxygens (including phenoxy) is 1. The molecular formula is C21H25F3N4O4. The van der Waals surface area contributed by atoms with Crippen LogP contribution >= 0.6 is 0 Å². The minimum Gasteiger partial charge on any atom is -0.475 e. The fourth-order valence-electron chi connectivity index (χ4n) is 3.87. The third-order valence-electron chi connectivity index (χ3n) is 5.63. The highest BCUT2D eigenvalue weighted by Crippen LogP contribution is 2.36. The molecule has 2 aromatic rings. The van der Waals surface area contributed by atoms with E-state index >= 15 is 0 Å². The van der Waals surface area contributed by atoms with Gasteiger partial charge in [-0.2, -0.15) is 13.2 Å². The largest absolute Gasteiger partial charge is 0.490 e. The summed E-state index contributed by atoms with van der Waals surface area (Å²) < 4.78 is 37.7. The van der Waals surface area contributed by atoms with Crippen LogP contribution < -0.4 is 4.90 Å². The number of likely N-dealkylation sites (tertiary alicyclic amines) is 1. The van der Waals surface area contributed by atoms with Crippen molar-refractivity contribution in [3.05, 3.63) is 48.5 Å². The smallest absolute Gasteiger partial charge is 0.475 e. The number of aliphatic carboxylic acids is 1. The molecule has 174 valence electrons. The van der Waals surface area contributed by atoms with Gasteiger partial charge in [0.15, 0.2) is 0 Å². The number of carboxylic acids is 1. The number of carboxylic acid groups (broad SMARTS) is 1. The zero-order valence-electron chi connectivity index (χ0n) is 17.3. The van der Waals surface area contributed by atoms with Gasteiger partial charge in [0.25, 0.3) is 5.91 Å². The number of amides is 1. The molecule has 2 aliphatic heterocycles. The van der Waals surface area contributed by atoms with Gasteiger partial charge in [-0.3, -0.25) is 9.78 Å². The van der Waals surface area contributed by atoms with Crippen LogP contribution in [0.15, 0.2) is 42.9 Å². The van der Waals surface area contributed by atoms with Crippen LogP contribution in [-0.2, 0) is 9.53 Å². The minimum absolute atomic E-state index is 0.0958. The summed E-state index contributed by atoms with van der Waals surface area (Å²) in [4.78, 5) is 33.0. The second-order valence-electron chi connectivity index (χ2n) is 7.86. The number of piperidine rings is 1. The van der Waals surface area contributed by atoms with Crippen molar-refractivity contribution in [1.29, 1.82) is 0 Å². The molecule has 11 heteroatoms. The first-order chi connectivity index (χ1) is 15.2. The van der Waals surface area contributed by atoms with Crippen molar-refractivity contribution < 1.29 is 32.6 Å². The lowest BCUT2D eigenvalue weighted by atomic mass is 9.78. The summed E-state index contributed by atoms with van der Waals surface area (Å²) in [5.74, 6) is -2.66. The molecule has 8 nitrogen and oxygen atoms in total. The van der Waals surface area contributed by atoms with Crippen molar-refractivity contribution >= 4 is 17.6 Å². The average Bonchev–Trinajstić information content (AvgIpc) is 3.24. The maximum absolute atomic E-state index is 12.5. The Kier molecular flexibility index (Phi) is 7.39. The third-order valence-corrected chi connectivity index (χ3v) is 5.63. The summed E-state index contributed by atoms with van der Waals surface area (Å²) in [6.07, 6.45) is 2.37. The van der Waals surface area contributed by atoms with Crippen LogP contribution in [-0.4, -0.2) is 77.4 Å². The van der Waals surface area contributed by atoms with E-state index in [1.165, 1.54) is 0 Å². The zero-order chi connectivity index (χ0) is 23.2. The Morgan fingerprint density at radius 1 is 1.16 bits per heavy atom. The number of nitrogens with one attached hydrogen (secondary N) is 1. The van der Waals surface area contributed by atoms with Gasteiger partial charge in [0.05, 0.1) is 25.1 Å². The van der Waals surface area contributed by atoms with Crippen molar-refractivity contribution in [3.8, 4) is 0 Å². The number of rotatable bonds is 2. The van der Waals surface area contributed by atoms with E-state index < -0.39 is 12.1 Å². The molecule has 4 heterocycles. The van der Waals surface area contributed by atoms with Gasteiger partial charge in [0, 0.05) is 44.0 Å². The quantitative estimate of drug-likeness (QED) is 0.724. The molecule has 1 spiro atoms. The van der Waals surface area contributed by atoms with Crippen LogP contribution in [0.3, 0.4) is 0 Å². The summed E-state index contributed by atoms with van der Waals surface area (Å²) in [5, 5.41) is 7.12. The molecule has 2 saturated heterocycles. The summed E-state index contributed by atoms with van der Waals surface area (Å²) in [6.45, 7) is 4.92.